The molecule has 0 radical (unpaired) electrons. The molecule has 3 heterocycles. The van der Waals surface area contributed by atoms with E-state index in [1.54, 1.807) is 19.2 Å². The van der Waals surface area contributed by atoms with Gasteiger partial charge >= 0.3 is 0 Å². The minimum absolute atomic E-state index is 0.162. The molecule has 1 atom stereocenters. The average Bonchev–Trinajstić information content (AvgIpc) is 3.18. The topological polar surface area (TPSA) is 98.2 Å². The molecule has 0 saturated carbocycles. The van der Waals surface area contributed by atoms with Crippen LogP contribution in [0.2, 0.25) is 0 Å². The Morgan fingerprint density at radius 1 is 1.19 bits per heavy atom. The molecule has 0 aromatic carbocycles. The Morgan fingerprint density at radius 3 is 2.62 bits per heavy atom. The minimum atomic E-state index is -3.79. The van der Waals surface area contributed by atoms with Gasteiger partial charge in [-0.15, -0.1) is 0 Å². The normalized spacial score (nSPS) is 13.1. The number of hydrogen-bond acceptors (Lipinski definition) is 6. The van der Waals surface area contributed by atoms with Gasteiger partial charge < -0.3 is 8.94 Å². The molecule has 0 aliphatic rings. The van der Waals surface area contributed by atoms with Crippen LogP contribution >= 0.6 is 0 Å². The van der Waals surface area contributed by atoms with E-state index in [0.29, 0.717) is 17.9 Å². The monoisotopic (exact) mass is 375 g/mol. The van der Waals surface area contributed by atoms with E-state index in [1.807, 2.05) is 32.9 Å². The van der Waals surface area contributed by atoms with Gasteiger partial charge in [-0.1, -0.05) is 11.2 Å². The largest absolute Gasteiger partial charge is 0.440 e. The third kappa shape index (κ3) is 3.71. The number of hydrogen-bond donors (Lipinski definition) is 1. The summed E-state index contributed by atoms with van der Waals surface area (Å²) >= 11 is 0. The lowest BCUT2D eigenvalue weighted by molar-refractivity contribution is 0.396. The van der Waals surface area contributed by atoms with Gasteiger partial charge in [-0.25, -0.2) is 13.1 Å². The number of nitrogens with one attached hydrogen (secondary N) is 1. The first-order chi connectivity index (χ1) is 12.3. The van der Waals surface area contributed by atoms with Gasteiger partial charge in [-0.05, 0) is 51.5 Å². The Balaban J connectivity index is 1.76. The third-order valence-electron chi connectivity index (χ3n) is 4.20. The van der Waals surface area contributed by atoms with Crippen molar-refractivity contribution in [1.29, 1.82) is 0 Å². The van der Waals surface area contributed by atoms with Crippen molar-refractivity contribution >= 4 is 10.0 Å². The molecular weight excluding hydrogens is 354 g/mol. The van der Waals surface area contributed by atoms with E-state index in [9.17, 15) is 8.42 Å². The molecule has 1 unspecified atom stereocenters. The predicted octanol–water partition coefficient (Wildman–Crippen LogP) is 3.16. The Kier molecular flexibility index (Phi) is 4.97. The van der Waals surface area contributed by atoms with E-state index in [-0.39, 0.29) is 11.1 Å². The second-order valence-electron chi connectivity index (χ2n) is 6.33. The molecule has 0 bridgehead atoms. The van der Waals surface area contributed by atoms with Gasteiger partial charge in [0.1, 0.15) is 0 Å². The lowest BCUT2D eigenvalue weighted by atomic mass is 10.1. The van der Waals surface area contributed by atoms with Crippen molar-refractivity contribution < 1.29 is 17.4 Å². The molecule has 7 nitrogen and oxygen atoms in total. The van der Waals surface area contributed by atoms with Gasteiger partial charge in [0.15, 0.2) is 5.76 Å². The van der Waals surface area contributed by atoms with Crippen LogP contribution in [0.4, 0.5) is 0 Å². The number of pyridine rings is 1. The Bertz CT molecular complexity index is 1020. The van der Waals surface area contributed by atoms with Crippen molar-refractivity contribution in [2.45, 2.75) is 45.2 Å². The first-order valence-corrected chi connectivity index (χ1v) is 9.72. The van der Waals surface area contributed by atoms with Crippen molar-refractivity contribution in [2.24, 2.45) is 0 Å². The van der Waals surface area contributed by atoms with Gasteiger partial charge in [0.25, 0.3) is 10.0 Å². The summed E-state index contributed by atoms with van der Waals surface area (Å²) in [5.74, 6) is 0.762. The molecule has 3 aromatic rings. The number of sulfonamides is 1. The summed E-state index contributed by atoms with van der Waals surface area (Å²) in [7, 11) is -3.79. The maximum Gasteiger partial charge on any atom is 0.274 e. The van der Waals surface area contributed by atoms with Crippen LogP contribution in [0.3, 0.4) is 0 Å². The second kappa shape index (κ2) is 7.05. The zero-order valence-corrected chi connectivity index (χ0v) is 15.9. The highest BCUT2D eigenvalue weighted by Gasteiger charge is 2.24. The number of aromatic nitrogens is 2. The molecule has 0 saturated heterocycles. The first kappa shape index (κ1) is 18.3. The van der Waals surface area contributed by atoms with Crippen LogP contribution in [0.15, 0.2) is 44.5 Å². The number of furan rings is 1. The SMILES string of the molecule is Cc1cccnc1CC(C)NS(=O)(=O)c1ccc(-c2onc(C)c2C)o1. The summed E-state index contributed by atoms with van der Waals surface area (Å²) in [5, 5.41) is 3.70. The van der Waals surface area contributed by atoms with Gasteiger partial charge in [-0.3, -0.25) is 4.98 Å². The van der Waals surface area contributed by atoms with E-state index >= 15 is 0 Å². The van der Waals surface area contributed by atoms with Gasteiger partial charge in [0.2, 0.25) is 10.9 Å². The maximum atomic E-state index is 12.6. The number of aryl methyl sites for hydroxylation is 2. The molecule has 3 rings (SSSR count). The molecule has 0 aliphatic heterocycles. The van der Waals surface area contributed by atoms with Crippen LogP contribution in [-0.4, -0.2) is 24.6 Å². The summed E-state index contributed by atoms with van der Waals surface area (Å²) in [5.41, 5.74) is 3.43. The van der Waals surface area contributed by atoms with Crippen molar-refractivity contribution in [2.75, 3.05) is 0 Å². The lowest BCUT2D eigenvalue weighted by Gasteiger charge is -2.13. The Labute approximate surface area is 152 Å². The summed E-state index contributed by atoms with van der Waals surface area (Å²) in [6.07, 6.45) is 2.18. The fraction of sp³-hybridized carbons (Fsp3) is 0.333. The molecule has 8 heteroatoms. The first-order valence-electron chi connectivity index (χ1n) is 8.24. The van der Waals surface area contributed by atoms with E-state index in [0.717, 1.165) is 22.5 Å². The fourth-order valence-corrected chi connectivity index (χ4v) is 3.79. The smallest absolute Gasteiger partial charge is 0.274 e. The summed E-state index contributed by atoms with van der Waals surface area (Å²) in [6, 6.07) is 6.44. The molecule has 26 heavy (non-hydrogen) atoms. The highest BCUT2D eigenvalue weighted by atomic mass is 32.2. The van der Waals surface area contributed by atoms with E-state index in [1.165, 1.54) is 6.07 Å². The van der Waals surface area contributed by atoms with Crippen LogP contribution in [0.1, 0.15) is 29.4 Å². The van der Waals surface area contributed by atoms with Crippen molar-refractivity contribution in [3.05, 3.63) is 53.0 Å². The Hall–Kier alpha value is -2.45. The molecular formula is C18H21N3O4S. The van der Waals surface area contributed by atoms with E-state index in [2.05, 4.69) is 14.9 Å². The van der Waals surface area contributed by atoms with E-state index < -0.39 is 10.0 Å². The molecule has 3 aromatic heterocycles. The molecule has 0 spiro atoms. The van der Waals surface area contributed by atoms with Crippen LogP contribution in [0, 0.1) is 20.8 Å². The maximum absolute atomic E-state index is 12.6. The van der Waals surface area contributed by atoms with Crippen molar-refractivity contribution in [3.63, 3.8) is 0 Å². The molecule has 0 aliphatic carbocycles. The fourth-order valence-electron chi connectivity index (χ4n) is 2.62. The minimum Gasteiger partial charge on any atom is -0.440 e. The molecule has 138 valence electrons. The van der Waals surface area contributed by atoms with Crippen molar-refractivity contribution in [3.8, 4) is 11.5 Å². The summed E-state index contributed by atoms with van der Waals surface area (Å²) in [4.78, 5) is 4.30. The van der Waals surface area contributed by atoms with Gasteiger partial charge in [0, 0.05) is 29.9 Å². The summed E-state index contributed by atoms with van der Waals surface area (Å²) < 4.78 is 38.5. The summed E-state index contributed by atoms with van der Waals surface area (Å²) in [6.45, 7) is 7.39. The quantitative estimate of drug-likeness (QED) is 0.710. The van der Waals surface area contributed by atoms with Crippen LogP contribution in [-0.2, 0) is 16.4 Å². The highest BCUT2D eigenvalue weighted by molar-refractivity contribution is 7.89. The second-order valence-corrected chi connectivity index (χ2v) is 7.98. The number of nitrogens with zero attached hydrogens (tertiary/aromatic N) is 2. The van der Waals surface area contributed by atoms with Gasteiger partial charge in [0.05, 0.1) is 5.69 Å². The standard InChI is InChI=1S/C18H21N3O4S/c1-11-6-5-9-19-15(11)10-12(2)21-26(22,23)17-8-7-16(24-17)18-13(3)14(4)20-25-18/h5-9,12,21H,10H2,1-4H3. The van der Waals surface area contributed by atoms with Crippen LogP contribution < -0.4 is 4.72 Å². The highest BCUT2D eigenvalue weighted by Crippen LogP contribution is 2.28. The molecule has 0 fully saturated rings. The molecule has 0 amide bonds. The van der Waals surface area contributed by atoms with E-state index in [4.69, 9.17) is 8.94 Å². The third-order valence-corrected chi connectivity index (χ3v) is 5.66. The number of rotatable bonds is 6. The zero-order chi connectivity index (χ0) is 18.9. The average molecular weight is 375 g/mol. The zero-order valence-electron chi connectivity index (χ0n) is 15.1. The molecule has 1 N–H and O–H groups in total. The van der Waals surface area contributed by atoms with Crippen LogP contribution in [0.25, 0.3) is 11.5 Å². The lowest BCUT2D eigenvalue weighted by Crippen LogP contribution is -2.34. The Morgan fingerprint density at radius 2 is 1.96 bits per heavy atom. The van der Waals surface area contributed by atoms with Crippen molar-refractivity contribution in [1.82, 2.24) is 14.9 Å². The predicted molar refractivity (Wildman–Crippen MR) is 96.1 cm³/mol. The van der Waals surface area contributed by atoms with Gasteiger partial charge in [-0.2, -0.15) is 0 Å². The van der Waals surface area contributed by atoms with Crippen LogP contribution in [0.5, 0.6) is 0 Å².